The number of hydrogen-bond acceptors (Lipinski definition) is 9. The lowest BCUT2D eigenvalue weighted by Crippen LogP contribution is -2.51. The second-order valence-corrected chi connectivity index (χ2v) is 8.31. The number of carbonyl (C=O) groups is 4. The van der Waals surface area contributed by atoms with Crippen LogP contribution in [0.2, 0.25) is 0 Å². The van der Waals surface area contributed by atoms with Crippen LogP contribution in [0.3, 0.4) is 0 Å². The highest BCUT2D eigenvalue weighted by atomic mass is 16.6. The van der Waals surface area contributed by atoms with E-state index in [1.165, 1.54) is 19.2 Å². The number of esters is 4. The van der Waals surface area contributed by atoms with E-state index in [0.717, 1.165) is 0 Å². The molecule has 2 rings (SSSR count). The van der Waals surface area contributed by atoms with Crippen LogP contribution in [0.4, 0.5) is 0 Å². The van der Waals surface area contributed by atoms with Gasteiger partial charge in [0, 0.05) is 25.7 Å². The molecule has 0 amide bonds. The molecule has 0 heterocycles. The van der Waals surface area contributed by atoms with Gasteiger partial charge in [-0.2, -0.15) is 0 Å². The zero-order valence-corrected chi connectivity index (χ0v) is 20.9. The minimum atomic E-state index is -1.53. The van der Waals surface area contributed by atoms with E-state index >= 15 is 0 Å². The Morgan fingerprint density at radius 3 is 2.06 bits per heavy atom. The number of hydrogen-bond donors (Lipinski definition) is 1. The molecule has 0 unspecified atom stereocenters. The molecular weight excluding hydrogens is 466 g/mol. The van der Waals surface area contributed by atoms with E-state index in [1.54, 1.807) is 36.4 Å². The molecule has 2 aromatic carbocycles. The Balaban J connectivity index is 2.21. The standard InChI is InChI=1S/C27H33NO8/c1-4-9-23(29)35-21-14-13-19(17-22(21)36-24(30)10-5-2)18-27(28,26(32)33-3)15-16-34-25(31)20-11-7-6-8-12-20/h6-8,11-14,17H,4-5,9-10,15-16,18,28H2,1-3H3/t27-/m1/s1. The van der Waals surface area contributed by atoms with Crippen molar-refractivity contribution in [3.8, 4) is 11.5 Å². The first-order chi connectivity index (χ1) is 17.2. The number of methoxy groups -OCH3 is 1. The molecule has 2 aromatic rings. The molecule has 9 nitrogen and oxygen atoms in total. The number of ether oxygens (including phenoxy) is 4. The summed E-state index contributed by atoms with van der Waals surface area (Å²) in [5.41, 5.74) is 5.79. The van der Waals surface area contributed by atoms with Gasteiger partial charge in [0.15, 0.2) is 11.5 Å². The van der Waals surface area contributed by atoms with Gasteiger partial charge in [-0.25, -0.2) is 4.79 Å². The second kappa shape index (κ2) is 14.0. The molecule has 1 atom stereocenters. The second-order valence-electron chi connectivity index (χ2n) is 8.31. The van der Waals surface area contributed by atoms with Crippen LogP contribution in [0.25, 0.3) is 0 Å². The van der Waals surface area contributed by atoms with Gasteiger partial charge in [-0.3, -0.25) is 14.4 Å². The fourth-order valence-corrected chi connectivity index (χ4v) is 3.40. The first-order valence-electron chi connectivity index (χ1n) is 11.9. The molecule has 9 heteroatoms. The molecule has 0 fully saturated rings. The maximum Gasteiger partial charge on any atom is 0.338 e. The average Bonchev–Trinajstić information content (AvgIpc) is 2.85. The largest absolute Gasteiger partial charge is 0.468 e. The van der Waals surface area contributed by atoms with Crippen molar-refractivity contribution >= 4 is 23.9 Å². The summed E-state index contributed by atoms with van der Waals surface area (Å²) in [6.45, 7) is 3.56. The van der Waals surface area contributed by atoms with Gasteiger partial charge >= 0.3 is 23.9 Å². The van der Waals surface area contributed by atoms with Gasteiger partial charge in [0.2, 0.25) is 0 Å². The molecule has 0 bridgehead atoms. The lowest BCUT2D eigenvalue weighted by atomic mass is 9.88. The van der Waals surface area contributed by atoms with Crippen molar-refractivity contribution in [2.24, 2.45) is 5.73 Å². The van der Waals surface area contributed by atoms with E-state index in [1.807, 2.05) is 13.8 Å². The zero-order chi connectivity index (χ0) is 26.6. The molecule has 36 heavy (non-hydrogen) atoms. The van der Waals surface area contributed by atoms with Crippen LogP contribution in [0, 0.1) is 0 Å². The van der Waals surface area contributed by atoms with Crippen molar-refractivity contribution in [3.63, 3.8) is 0 Å². The van der Waals surface area contributed by atoms with Crippen LogP contribution < -0.4 is 15.2 Å². The highest BCUT2D eigenvalue weighted by Gasteiger charge is 2.36. The fourth-order valence-electron chi connectivity index (χ4n) is 3.40. The van der Waals surface area contributed by atoms with E-state index in [9.17, 15) is 19.2 Å². The predicted octanol–water partition coefficient (Wildman–Crippen LogP) is 3.76. The van der Waals surface area contributed by atoms with Crippen molar-refractivity contribution in [1.29, 1.82) is 0 Å². The van der Waals surface area contributed by atoms with Crippen molar-refractivity contribution in [2.75, 3.05) is 13.7 Å². The smallest absolute Gasteiger partial charge is 0.338 e. The van der Waals surface area contributed by atoms with Gasteiger partial charge < -0.3 is 24.7 Å². The first kappa shape index (κ1) is 28.5. The Morgan fingerprint density at radius 2 is 1.47 bits per heavy atom. The highest BCUT2D eigenvalue weighted by Crippen LogP contribution is 2.31. The summed E-state index contributed by atoms with van der Waals surface area (Å²) in [7, 11) is 1.22. The topological polar surface area (TPSA) is 131 Å². The zero-order valence-electron chi connectivity index (χ0n) is 20.9. The minimum absolute atomic E-state index is 0.00985. The number of rotatable bonds is 13. The van der Waals surface area contributed by atoms with Gasteiger partial charge in [0.25, 0.3) is 0 Å². The third kappa shape index (κ3) is 8.49. The third-order valence-electron chi connectivity index (χ3n) is 5.27. The first-order valence-corrected chi connectivity index (χ1v) is 11.9. The highest BCUT2D eigenvalue weighted by molar-refractivity contribution is 5.89. The molecule has 0 aromatic heterocycles. The van der Waals surface area contributed by atoms with Gasteiger partial charge in [0.1, 0.15) is 5.54 Å². The summed E-state index contributed by atoms with van der Waals surface area (Å²) in [5.74, 6) is -2.02. The van der Waals surface area contributed by atoms with Crippen LogP contribution in [0.15, 0.2) is 48.5 Å². The average molecular weight is 500 g/mol. The van der Waals surface area contributed by atoms with Gasteiger partial charge in [-0.15, -0.1) is 0 Å². The predicted molar refractivity (Wildman–Crippen MR) is 132 cm³/mol. The monoisotopic (exact) mass is 499 g/mol. The maximum atomic E-state index is 12.6. The van der Waals surface area contributed by atoms with Crippen molar-refractivity contribution in [1.82, 2.24) is 0 Å². The summed E-state index contributed by atoms with van der Waals surface area (Å²) in [6, 6.07) is 13.1. The number of benzene rings is 2. The van der Waals surface area contributed by atoms with E-state index in [2.05, 4.69) is 0 Å². The van der Waals surface area contributed by atoms with Gasteiger partial charge in [-0.05, 0) is 42.7 Å². The maximum absolute atomic E-state index is 12.6. The third-order valence-corrected chi connectivity index (χ3v) is 5.27. The molecule has 0 aliphatic heterocycles. The lowest BCUT2D eigenvalue weighted by molar-refractivity contribution is -0.147. The molecule has 0 radical (unpaired) electrons. The fraction of sp³-hybridized carbons (Fsp3) is 0.407. The van der Waals surface area contributed by atoms with Crippen molar-refractivity contribution in [2.45, 2.75) is 57.9 Å². The van der Waals surface area contributed by atoms with Gasteiger partial charge in [0.05, 0.1) is 19.3 Å². The van der Waals surface area contributed by atoms with Crippen molar-refractivity contribution in [3.05, 3.63) is 59.7 Å². The molecule has 0 spiro atoms. The summed E-state index contributed by atoms with van der Waals surface area (Å²) in [5, 5.41) is 0. The molecule has 0 aliphatic carbocycles. The van der Waals surface area contributed by atoms with Crippen LogP contribution >= 0.6 is 0 Å². The molecule has 2 N–H and O–H groups in total. The van der Waals surface area contributed by atoms with E-state index in [4.69, 9.17) is 24.7 Å². The molecule has 0 saturated heterocycles. The Bertz CT molecular complexity index is 1050. The SMILES string of the molecule is CCCC(=O)Oc1ccc(C[C@](N)(CCOC(=O)c2ccccc2)C(=O)OC)cc1OC(=O)CCC. The van der Waals surface area contributed by atoms with Crippen LogP contribution in [-0.2, 0) is 30.3 Å². The van der Waals surface area contributed by atoms with Crippen LogP contribution in [0.1, 0.15) is 61.9 Å². The number of carbonyl (C=O) groups excluding carboxylic acids is 4. The Kier molecular flexibility index (Phi) is 11.1. The lowest BCUT2D eigenvalue weighted by Gasteiger charge is -2.26. The van der Waals surface area contributed by atoms with E-state index < -0.39 is 29.4 Å². The van der Waals surface area contributed by atoms with E-state index in [0.29, 0.717) is 24.0 Å². The quantitative estimate of drug-likeness (QED) is 0.323. The van der Waals surface area contributed by atoms with E-state index in [-0.39, 0.29) is 43.8 Å². The summed E-state index contributed by atoms with van der Waals surface area (Å²) < 4.78 is 21.0. The summed E-state index contributed by atoms with van der Waals surface area (Å²) in [6.07, 6.45) is 1.55. The van der Waals surface area contributed by atoms with Gasteiger partial charge in [-0.1, -0.05) is 38.1 Å². The molecular formula is C27H33NO8. The Labute approximate surface area is 210 Å². The Morgan fingerprint density at radius 1 is 0.861 bits per heavy atom. The normalized spacial score (nSPS) is 12.2. The number of nitrogens with two attached hydrogens (primary N) is 1. The molecule has 0 aliphatic rings. The Hall–Kier alpha value is -3.72. The molecule has 0 saturated carbocycles. The molecule has 194 valence electrons. The van der Waals surface area contributed by atoms with Crippen LogP contribution in [-0.4, -0.2) is 43.1 Å². The summed E-state index contributed by atoms with van der Waals surface area (Å²) >= 11 is 0. The van der Waals surface area contributed by atoms with Crippen LogP contribution in [0.5, 0.6) is 11.5 Å². The minimum Gasteiger partial charge on any atom is -0.468 e. The summed E-state index contributed by atoms with van der Waals surface area (Å²) in [4.78, 5) is 49.0. The van der Waals surface area contributed by atoms with Crippen molar-refractivity contribution < 1.29 is 38.1 Å².